The molecule has 1 unspecified atom stereocenters. The highest BCUT2D eigenvalue weighted by molar-refractivity contribution is 6.00. The standard InChI is InChI=1S/C25H22N4O4/c1-15(30)22-23(21-14-26-11-12-32-21)18-8-7-17(13-20(18)33-24(22)31)28-25-27-10-9-19(29-25)16-5-3-2-4-6-16/h2-10,13,21,26H,11-12,14H2,1H3,(H,27,28,29). The van der Waals surface area contributed by atoms with Crippen LogP contribution >= 0.6 is 0 Å². The van der Waals surface area contributed by atoms with E-state index in [0.717, 1.165) is 17.8 Å². The van der Waals surface area contributed by atoms with Crippen LogP contribution in [0.1, 0.15) is 28.9 Å². The number of carbonyl (C=O) groups is 1. The van der Waals surface area contributed by atoms with Gasteiger partial charge >= 0.3 is 5.63 Å². The average molecular weight is 442 g/mol. The first kappa shape index (κ1) is 21.0. The molecular formula is C25H22N4O4. The molecule has 1 saturated heterocycles. The van der Waals surface area contributed by atoms with Crippen LogP contribution in [0, 0.1) is 0 Å². The van der Waals surface area contributed by atoms with Gasteiger partial charge in [-0.05, 0) is 25.1 Å². The molecule has 8 heteroatoms. The minimum absolute atomic E-state index is 0.0378. The van der Waals surface area contributed by atoms with Crippen molar-refractivity contribution in [1.29, 1.82) is 0 Å². The Balaban J connectivity index is 1.54. The van der Waals surface area contributed by atoms with Gasteiger partial charge in [-0.3, -0.25) is 4.79 Å². The molecule has 4 aromatic rings. The van der Waals surface area contributed by atoms with Crippen molar-refractivity contribution in [3.05, 3.63) is 82.3 Å². The van der Waals surface area contributed by atoms with Gasteiger partial charge in [0, 0.05) is 47.6 Å². The Morgan fingerprint density at radius 3 is 2.76 bits per heavy atom. The van der Waals surface area contributed by atoms with E-state index in [9.17, 15) is 9.59 Å². The molecular weight excluding hydrogens is 420 g/mol. The number of nitrogens with one attached hydrogen (secondary N) is 2. The lowest BCUT2D eigenvalue weighted by molar-refractivity contribution is 0.0277. The van der Waals surface area contributed by atoms with Crippen LogP contribution in [0.4, 0.5) is 11.6 Å². The summed E-state index contributed by atoms with van der Waals surface area (Å²) in [4.78, 5) is 33.8. The fraction of sp³-hybridized carbons (Fsp3) is 0.200. The summed E-state index contributed by atoms with van der Waals surface area (Å²) < 4.78 is 11.4. The largest absolute Gasteiger partial charge is 0.422 e. The first-order valence-electron chi connectivity index (χ1n) is 10.7. The number of nitrogens with zero attached hydrogens (tertiary/aromatic N) is 2. The normalized spacial score (nSPS) is 16.0. The molecule has 0 radical (unpaired) electrons. The van der Waals surface area contributed by atoms with E-state index in [4.69, 9.17) is 9.15 Å². The number of hydrogen-bond acceptors (Lipinski definition) is 8. The number of ketones is 1. The zero-order valence-corrected chi connectivity index (χ0v) is 18.0. The molecule has 1 aliphatic rings. The van der Waals surface area contributed by atoms with Gasteiger partial charge in [0.2, 0.25) is 5.95 Å². The highest BCUT2D eigenvalue weighted by atomic mass is 16.5. The third-order valence-electron chi connectivity index (χ3n) is 5.53. The Kier molecular flexibility index (Phi) is 5.68. The Hall–Kier alpha value is -3.88. The van der Waals surface area contributed by atoms with Crippen molar-refractivity contribution in [2.24, 2.45) is 0 Å². The van der Waals surface area contributed by atoms with Crippen molar-refractivity contribution in [3.63, 3.8) is 0 Å². The Morgan fingerprint density at radius 1 is 1.15 bits per heavy atom. The van der Waals surface area contributed by atoms with Crippen molar-refractivity contribution >= 4 is 28.4 Å². The smallest absolute Gasteiger partial charge is 0.347 e. The van der Waals surface area contributed by atoms with Gasteiger partial charge in [0.1, 0.15) is 11.1 Å². The number of ether oxygens (including phenoxy) is 1. The summed E-state index contributed by atoms with van der Waals surface area (Å²) in [5.41, 5.74) is 2.72. The highest BCUT2D eigenvalue weighted by Crippen LogP contribution is 2.31. The predicted molar refractivity (Wildman–Crippen MR) is 125 cm³/mol. The Bertz CT molecular complexity index is 1380. The Labute approximate surface area is 189 Å². The summed E-state index contributed by atoms with van der Waals surface area (Å²) >= 11 is 0. The molecule has 0 spiro atoms. The van der Waals surface area contributed by atoms with Crippen LogP contribution in [-0.2, 0) is 4.74 Å². The number of carbonyl (C=O) groups excluding carboxylic acids is 1. The molecule has 1 aliphatic heterocycles. The molecule has 2 aromatic carbocycles. The molecule has 1 fully saturated rings. The number of anilines is 2. The van der Waals surface area contributed by atoms with Crippen LogP contribution in [0.2, 0.25) is 0 Å². The van der Waals surface area contributed by atoms with Gasteiger partial charge in [0.15, 0.2) is 5.78 Å². The van der Waals surface area contributed by atoms with Crippen LogP contribution < -0.4 is 16.3 Å². The zero-order chi connectivity index (χ0) is 22.8. The number of aromatic nitrogens is 2. The lowest BCUT2D eigenvalue weighted by atomic mass is 9.96. The summed E-state index contributed by atoms with van der Waals surface area (Å²) in [5, 5.41) is 7.08. The maximum Gasteiger partial charge on any atom is 0.347 e. The summed E-state index contributed by atoms with van der Waals surface area (Å²) in [6.07, 6.45) is 1.28. The fourth-order valence-electron chi connectivity index (χ4n) is 4.04. The van der Waals surface area contributed by atoms with E-state index in [2.05, 4.69) is 20.6 Å². The molecule has 0 amide bonds. The first-order chi connectivity index (χ1) is 16.1. The molecule has 2 aromatic heterocycles. The summed E-state index contributed by atoms with van der Waals surface area (Å²) in [6, 6.07) is 17.0. The minimum Gasteiger partial charge on any atom is -0.422 e. The summed E-state index contributed by atoms with van der Waals surface area (Å²) in [6.45, 7) is 3.10. The summed E-state index contributed by atoms with van der Waals surface area (Å²) in [7, 11) is 0. The number of hydrogen-bond donors (Lipinski definition) is 2. The van der Waals surface area contributed by atoms with Gasteiger partial charge in [-0.2, -0.15) is 0 Å². The van der Waals surface area contributed by atoms with Gasteiger partial charge in [0.05, 0.1) is 18.4 Å². The van der Waals surface area contributed by atoms with Gasteiger partial charge in [-0.1, -0.05) is 30.3 Å². The molecule has 2 N–H and O–H groups in total. The zero-order valence-electron chi connectivity index (χ0n) is 18.0. The molecule has 166 valence electrons. The van der Waals surface area contributed by atoms with Crippen LogP contribution in [0.3, 0.4) is 0 Å². The van der Waals surface area contributed by atoms with E-state index < -0.39 is 11.7 Å². The number of rotatable bonds is 5. The molecule has 0 aliphatic carbocycles. The Morgan fingerprint density at radius 2 is 2.00 bits per heavy atom. The average Bonchev–Trinajstić information content (AvgIpc) is 2.84. The fourth-order valence-corrected chi connectivity index (χ4v) is 4.04. The van der Waals surface area contributed by atoms with Crippen molar-refractivity contribution in [2.45, 2.75) is 13.0 Å². The highest BCUT2D eigenvalue weighted by Gasteiger charge is 2.27. The van der Waals surface area contributed by atoms with Crippen LogP contribution in [0.5, 0.6) is 0 Å². The second kappa shape index (κ2) is 8.93. The van der Waals surface area contributed by atoms with Crippen molar-refractivity contribution in [3.8, 4) is 11.3 Å². The molecule has 0 saturated carbocycles. The van der Waals surface area contributed by atoms with Crippen LogP contribution in [0.25, 0.3) is 22.2 Å². The van der Waals surface area contributed by atoms with Crippen molar-refractivity contribution < 1.29 is 13.9 Å². The van der Waals surface area contributed by atoms with E-state index in [1.807, 2.05) is 48.5 Å². The molecule has 3 heterocycles. The SMILES string of the molecule is CC(=O)c1c(C2CNCCO2)c2ccc(Nc3nccc(-c4ccccc4)n3)cc2oc1=O. The van der Waals surface area contributed by atoms with E-state index >= 15 is 0 Å². The second-order valence-corrected chi connectivity index (χ2v) is 7.77. The topological polar surface area (TPSA) is 106 Å². The minimum atomic E-state index is -0.668. The van der Waals surface area contributed by atoms with Crippen molar-refractivity contribution in [2.75, 3.05) is 25.0 Å². The predicted octanol–water partition coefficient (Wildman–Crippen LogP) is 3.86. The van der Waals surface area contributed by atoms with Gasteiger partial charge < -0.3 is 19.8 Å². The van der Waals surface area contributed by atoms with Gasteiger partial charge in [-0.15, -0.1) is 0 Å². The third kappa shape index (κ3) is 4.26. The summed E-state index contributed by atoms with van der Waals surface area (Å²) in [5.74, 6) is 0.0709. The lowest BCUT2D eigenvalue weighted by Crippen LogP contribution is -2.35. The first-order valence-corrected chi connectivity index (χ1v) is 10.7. The van der Waals surface area contributed by atoms with E-state index in [-0.39, 0.29) is 11.3 Å². The monoisotopic (exact) mass is 442 g/mol. The van der Waals surface area contributed by atoms with E-state index in [1.165, 1.54) is 6.92 Å². The van der Waals surface area contributed by atoms with E-state index in [1.54, 1.807) is 12.3 Å². The third-order valence-corrected chi connectivity index (χ3v) is 5.53. The lowest BCUT2D eigenvalue weighted by Gasteiger charge is -2.26. The number of benzene rings is 2. The number of morpholine rings is 1. The maximum absolute atomic E-state index is 12.7. The molecule has 1 atom stereocenters. The molecule has 5 rings (SSSR count). The number of Topliss-reactive ketones (excluding diaryl/α,β-unsaturated/α-hetero) is 1. The van der Waals surface area contributed by atoms with Crippen LogP contribution in [-0.4, -0.2) is 35.4 Å². The van der Waals surface area contributed by atoms with Crippen molar-refractivity contribution in [1.82, 2.24) is 15.3 Å². The van der Waals surface area contributed by atoms with E-state index in [0.29, 0.717) is 41.3 Å². The molecule has 33 heavy (non-hydrogen) atoms. The second-order valence-electron chi connectivity index (χ2n) is 7.77. The molecule has 0 bridgehead atoms. The van der Waals surface area contributed by atoms with Crippen LogP contribution in [0.15, 0.2) is 70.0 Å². The number of fused-ring (bicyclic) bond motifs is 1. The maximum atomic E-state index is 12.7. The molecule has 8 nitrogen and oxygen atoms in total. The van der Waals surface area contributed by atoms with Gasteiger partial charge in [0.25, 0.3) is 0 Å². The quantitative estimate of drug-likeness (QED) is 0.355. The van der Waals surface area contributed by atoms with Gasteiger partial charge in [-0.25, -0.2) is 14.8 Å².